The maximum atomic E-state index is 12.4. The average molecular weight is 413 g/mol. The molecule has 0 unspecified atom stereocenters. The summed E-state index contributed by atoms with van der Waals surface area (Å²) in [6.45, 7) is 4.02. The molecule has 5 amide bonds. The molecule has 0 saturated heterocycles. The summed E-state index contributed by atoms with van der Waals surface area (Å²) in [6.07, 6.45) is 0.0580. The Hall–Kier alpha value is -3.07. The highest BCUT2D eigenvalue weighted by Crippen LogP contribution is 2.02. The molecule has 0 saturated carbocycles. The van der Waals surface area contributed by atoms with E-state index < -0.39 is 36.0 Å². The number of carbonyl (C=O) groups is 4. The van der Waals surface area contributed by atoms with Gasteiger partial charge in [-0.25, -0.2) is 9.59 Å². The topological polar surface area (TPSA) is 201 Å². The number of alkyl carbamates (subject to hydrolysis) is 1. The lowest BCUT2D eigenvalue weighted by Crippen LogP contribution is -2.53. The highest BCUT2D eigenvalue weighted by atomic mass is 16.5. The van der Waals surface area contributed by atoms with E-state index in [9.17, 15) is 19.2 Å². The zero-order chi connectivity index (χ0) is 22.2. The standard InChI is InChI=1S/C17H31N7O5/c1-11(2)13(19)15(26)24-12(5-3-7-22-16(20)27)14(25)21-8-9-23-17(28)29-10-4-6-18/h11-13H,3-5,7-10,19H2,1-2H3,(H,21,25)(H,23,28)(H,24,26)(H3,20,22,27)/t12-,13-/m0/s1. The molecule has 0 bridgehead atoms. The number of primary amides is 1. The van der Waals surface area contributed by atoms with E-state index in [0.29, 0.717) is 6.42 Å². The Morgan fingerprint density at radius 2 is 1.69 bits per heavy atom. The van der Waals surface area contributed by atoms with Crippen LogP contribution in [-0.4, -0.2) is 62.3 Å². The molecular formula is C17H31N7O5. The number of rotatable bonds is 13. The Morgan fingerprint density at radius 1 is 1.03 bits per heavy atom. The van der Waals surface area contributed by atoms with E-state index in [2.05, 4.69) is 21.3 Å². The van der Waals surface area contributed by atoms with Gasteiger partial charge < -0.3 is 37.5 Å². The van der Waals surface area contributed by atoms with Crippen LogP contribution in [0.25, 0.3) is 0 Å². The molecule has 0 fully saturated rings. The van der Waals surface area contributed by atoms with Crippen LogP contribution in [0.3, 0.4) is 0 Å². The van der Waals surface area contributed by atoms with Crippen LogP contribution in [0.2, 0.25) is 0 Å². The van der Waals surface area contributed by atoms with Crippen LogP contribution in [0, 0.1) is 17.2 Å². The van der Waals surface area contributed by atoms with Gasteiger partial charge in [0.05, 0.1) is 18.5 Å². The fourth-order valence-corrected chi connectivity index (χ4v) is 2.07. The summed E-state index contributed by atoms with van der Waals surface area (Å²) < 4.78 is 4.72. The number of nitrogens with zero attached hydrogens (tertiary/aromatic N) is 1. The van der Waals surface area contributed by atoms with E-state index in [1.54, 1.807) is 13.8 Å². The molecule has 0 rings (SSSR count). The van der Waals surface area contributed by atoms with Crippen LogP contribution in [0.5, 0.6) is 0 Å². The first-order chi connectivity index (χ1) is 13.7. The molecule has 12 nitrogen and oxygen atoms in total. The Kier molecular flexibility index (Phi) is 13.3. The minimum Gasteiger partial charge on any atom is -0.448 e. The third kappa shape index (κ3) is 12.9. The average Bonchev–Trinajstić information content (AvgIpc) is 2.66. The molecule has 0 radical (unpaired) electrons. The fraction of sp³-hybridized carbons (Fsp3) is 0.706. The molecular weight excluding hydrogens is 382 g/mol. The number of nitriles is 1. The molecule has 8 N–H and O–H groups in total. The number of nitrogens with two attached hydrogens (primary N) is 2. The zero-order valence-electron chi connectivity index (χ0n) is 16.8. The number of ether oxygens (including phenoxy) is 1. The quantitative estimate of drug-likeness (QED) is 0.200. The third-order valence-electron chi connectivity index (χ3n) is 3.76. The lowest BCUT2D eigenvalue weighted by Gasteiger charge is -2.22. The number of nitrogens with one attached hydrogen (secondary N) is 4. The number of carbonyl (C=O) groups excluding carboxylic acids is 4. The second-order valence-electron chi connectivity index (χ2n) is 6.53. The smallest absolute Gasteiger partial charge is 0.407 e. The maximum absolute atomic E-state index is 12.4. The monoisotopic (exact) mass is 413 g/mol. The molecule has 0 spiro atoms. The first kappa shape index (κ1) is 25.9. The summed E-state index contributed by atoms with van der Waals surface area (Å²) in [7, 11) is 0. The summed E-state index contributed by atoms with van der Waals surface area (Å²) in [4.78, 5) is 46.6. The van der Waals surface area contributed by atoms with Gasteiger partial charge in [-0.05, 0) is 18.8 Å². The molecule has 164 valence electrons. The first-order valence-electron chi connectivity index (χ1n) is 9.33. The van der Waals surface area contributed by atoms with Crippen molar-refractivity contribution in [1.82, 2.24) is 21.3 Å². The summed E-state index contributed by atoms with van der Waals surface area (Å²) in [6, 6.07) is -0.459. The minimum atomic E-state index is -0.857. The van der Waals surface area contributed by atoms with Crippen LogP contribution in [-0.2, 0) is 14.3 Å². The predicted molar refractivity (Wildman–Crippen MR) is 104 cm³/mol. The Bertz CT molecular complexity index is 591. The van der Waals surface area contributed by atoms with Crippen molar-refractivity contribution in [1.29, 1.82) is 5.26 Å². The minimum absolute atomic E-state index is 0.0156. The summed E-state index contributed by atoms with van der Waals surface area (Å²) in [5.74, 6) is -1.01. The lowest BCUT2D eigenvalue weighted by atomic mass is 10.0. The van der Waals surface area contributed by atoms with Gasteiger partial charge in [-0.2, -0.15) is 5.26 Å². The van der Waals surface area contributed by atoms with Crippen LogP contribution in [0.15, 0.2) is 0 Å². The van der Waals surface area contributed by atoms with Crippen molar-refractivity contribution < 1.29 is 23.9 Å². The lowest BCUT2D eigenvalue weighted by molar-refractivity contribution is -0.130. The van der Waals surface area contributed by atoms with Gasteiger partial charge in [0.2, 0.25) is 11.8 Å². The van der Waals surface area contributed by atoms with Crippen LogP contribution >= 0.6 is 0 Å². The van der Waals surface area contributed by atoms with Crippen LogP contribution < -0.4 is 32.7 Å². The van der Waals surface area contributed by atoms with Gasteiger partial charge >= 0.3 is 12.1 Å². The van der Waals surface area contributed by atoms with E-state index in [-0.39, 0.29) is 45.0 Å². The van der Waals surface area contributed by atoms with Crippen molar-refractivity contribution >= 4 is 23.9 Å². The van der Waals surface area contributed by atoms with Crippen molar-refractivity contribution in [2.24, 2.45) is 17.4 Å². The normalized spacial score (nSPS) is 12.2. The predicted octanol–water partition coefficient (Wildman–Crippen LogP) is -1.34. The van der Waals surface area contributed by atoms with E-state index in [4.69, 9.17) is 21.5 Å². The first-order valence-corrected chi connectivity index (χ1v) is 9.33. The number of hydrogen-bond acceptors (Lipinski definition) is 7. The molecule has 0 aliphatic carbocycles. The van der Waals surface area contributed by atoms with Crippen molar-refractivity contribution in [3.63, 3.8) is 0 Å². The number of amides is 5. The van der Waals surface area contributed by atoms with E-state index in [1.807, 2.05) is 6.07 Å². The zero-order valence-corrected chi connectivity index (χ0v) is 16.8. The summed E-state index contributed by atoms with van der Waals surface area (Å²) in [5.41, 5.74) is 10.8. The Morgan fingerprint density at radius 3 is 2.28 bits per heavy atom. The highest BCUT2D eigenvalue weighted by Gasteiger charge is 2.24. The molecule has 0 aliphatic rings. The SMILES string of the molecule is CC(C)[C@H](N)C(=O)N[C@@H](CCCNC(N)=O)C(=O)NCCNC(=O)OCCC#N. The third-order valence-corrected chi connectivity index (χ3v) is 3.76. The van der Waals surface area contributed by atoms with E-state index in [1.165, 1.54) is 0 Å². The van der Waals surface area contributed by atoms with Crippen molar-refractivity contribution in [2.75, 3.05) is 26.2 Å². The second kappa shape index (κ2) is 14.9. The van der Waals surface area contributed by atoms with Crippen LogP contribution in [0.4, 0.5) is 9.59 Å². The molecule has 0 aromatic carbocycles. The van der Waals surface area contributed by atoms with Gasteiger partial charge in [-0.3, -0.25) is 9.59 Å². The largest absolute Gasteiger partial charge is 0.448 e. The van der Waals surface area contributed by atoms with Crippen LogP contribution in [0.1, 0.15) is 33.1 Å². The Labute approximate surface area is 170 Å². The molecule has 0 aromatic heterocycles. The second-order valence-corrected chi connectivity index (χ2v) is 6.53. The molecule has 2 atom stereocenters. The molecule has 0 aromatic rings. The maximum Gasteiger partial charge on any atom is 0.407 e. The molecule has 12 heteroatoms. The molecule has 0 aliphatic heterocycles. The van der Waals surface area contributed by atoms with Gasteiger partial charge in [-0.1, -0.05) is 13.8 Å². The molecule has 0 heterocycles. The molecule has 29 heavy (non-hydrogen) atoms. The van der Waals surface area contributed by atoms with Crippen molar-refractivity contribution in [3.8, 4) is 6.07 Å². The summed E-state index contributed by atoms with van der Waals surface area (Å²) in [5, 5.41) is 18.4. The van der Waals surface area contributed by atoms with Crippen molar-refractivity contribution in [2.45, 2.75) is 45.2 Å². The number of hydrogen-bond donors (Lipinski definition) is 6. The van der Waals surface area contributed by atoms with E-state index >= 15 is 0 Å². The highest BCUT2D eigenvalue weighted by molar-refractivity contribution is 5.89. The van der Waals surface area contributed by atoms with Gasteiger partial charge in [0.15, 0.2) is 0 Å². The van der Waals surface area contributed by atoms with Crippen molar-refractivity contribution in [3.05, 3.63) is 0 Å². The number of urea groups is 1. The Balaban J connectivity index is 4.51. The van der Waals surface area contributed by atoms with Gasteiger partial charge in [0.1, 0.15) is 12.6 Å². The van der Waals surface area contributed by atoms with Gasteiger partial charge in [-0.15, -0.1) is 0 Å². The fourth-order valence-electron chi connectivity index (χ4n) is 2.07. The van der Waals surface area contributed by atoms with Gasteiger partial charge in [0, 0.05) is 19.6 Å². The summed E-state index contributed by atoms with van der Waals surface area (Å²) >= 11 is 0. The van der Waals surface area contributed by atoms with Gasteiger partial charge in [0.25, 0.3) is 0 Å². The van der Waals surface area contributed by atoms with E-state index in [0.717, 1.165) is 0 Å².